The van der Waals surface area contributed by atoms with Crippen LogP contribution in [0.3, 0.4) is 0 Å². The molecular formula is C15H23N3O2. The predicted octanol–water partition coefficient (Wildman–Crippen LogP) is 1.06. The van der Waals surface area contributed by atoms with Crippen LogP contribution in [0, 0.1) is 0 Å². The molecule has 1 saturated heterocycles. The molecule has 0 atom stereocenters. The lowest BCUT2D eigenvalue weighted by atomic mass is 10.1. The van der Waals surface area contributed by atoms with E-state index in [9.17, 15) is 4.79 Å². The summed E-state index contributed by atoms with van der Waals surface area (Å²) in [6, 6.07) is 7.27. The second-order valence-electron chi connectivity index (χ2n) is 5.07. The van der Waals surface area contributed by atoms with Crippen LogP contribution in [-0.4, -0.2) is 62.1 Å². The summed E-state index contributed by atoms with van der Waals surface area (Å²) in [5.74, 6) is 0.0386. The minimum atomic E-state index is 0.0386. The highest BCUT2D eigenvalue weighted by molar-refractivity contribution is 5.99. The molecule has 1 aromatic rings. The number of para-hydroxylation sites is 1. The molecule has 1 amide bonds. The van der Waals surface area contributed by atoms with E-state index < -0.39 is 0 Å². The second-order valence-corrected chi connectivity index (χ2v) is 5.07. The molecule has 0 unspecified atom stereocenters. The standard InChI is InChI=1S/C15H23N3O2/c1-20-12-11-17-7-4-8-18(10-9-17)15(19)13-5-2-3-6-14(13)16/h2-3,5-6H,4,7-12,16H2,1H3. The fraction of sp³-hybridized carbons (Fsp3) is 0.533. The molecule has 1 aliphatic rings. The van der Waals surface area contributed by atoms with Gasteiger partial charge in [-0.05, 0) is 25.1 Å². The van der Waals surface area contributed by atoms with Gasteiger partial charge in [0.1, 0.15) is 0 Å². The van der Waals surface area contributed by atoms with Crippen LogP contribution in [0.2, 0.25) is 0 Å². The topological polar surface area (TPSA) is 58.8 Å². The van der Waals surface area contributed by atoms with E-state index in [0.717, 1.165) is 45.8 Å². The Kier molecular flexibility index (Phi) is 5.38. The maximum Gasteiger partial charge on any atom is 0.255 e. The van der Waals surface area contributed by atoms with Gasteiger partial charge in [-0.25, -0.2) is 0 Å². The summed E-state index contributed by atoms with van der Waals surface area (Å²) in [5, 5.41) is 0. The third kappa shape index (κ3) is 3.71. The third-order valence-electron chi connectivity index (χ3n) is 3.68. The number of hydrogen-bond acceptors (Lipinski definition) is 4. The van der Waals surface area contributed by atoms with Gasteiger partial charge in [0.2, 0.25) is 0 Å². The number of nitrogen functional groups attached to an aromatic ring is 1. The minimum absolute atomic E-state index is 0.0386. The number of benzene rings is 1. The Balaban J connectivity index is 1.96. The Labute approximate surface area is 120 Å². The smallest absolute Gasteiger partial charge is 0.255 e. The lowest BCUT2D eigenvalue weighted by Crippen LogP contribution is -2.36. The molecule has 0 saturated carbocycles. The molecule has 0 radical (unpaired) electrons. The number of hydrogen-bond donors (Lipinski definition) is 1. The zero-order valence-electron chi connectivity index (χ0n) is 12.0. The summed E-state index contributed by atoms with van der Waals surface area (Å²) in [7, 11) is 1.71. The van der Waals surface area contributed by atoms with E-state index in [1.165, 1.54) is 0 Å². The number of anilines is 1. The van der Waals surface area contributed by atoms with Gasteiger partial charge in [0.05, 0.1) is 12.2 Å². The summed E-state index contributed by atoms with van der Waals surface area (Å²) in [6.45, 7) is 5.10. The van der Waals surface area contributed by atoms with Crippen molar-refractivity contribution in [2.45, 2.75) is 6.42 Å². The van der Waals surface area contributed by atoms with E-state index in [0.29, 0.717) is 11.3 Å². The zero-order chi connectivity index (χ0) is 14.4. The van der Waals surface area contributed by atoms with Gasteiger partial charge in [-0.3, -0.25) is 9.69 Å². The average Bonchev–Trinajstić information content (AvgIpc) is 2.70. The number of carbonyl (C=O) groups excluding carboxylic acids is 1. The molecule has 20 heavy (non-hydrogen) atoms. The minimum Gasteiger partial charge on any atom is -0.398 e. The van der Waals surface area contributed by atoms with E-state index in [1.807, 2.05) is 17.0 Å². The van der Waals surface area contributed by atoms with Crippen LogP contribution in [-0.2, 0) is 4.74 Å². The fourth-order valence-corrected chi connectivity index (χ4v) is 2.48. The Hall–Kier alpha value is -1.59. The molecule has 1 aliphatic heterocycles. The van der Waals surface area contributed by atoms with E-state index in [-0.39, 0.29) is 5.91 Å². The van der Waals surface area contributed by atoms with Crippen LogP contribution >= 0.6 is 0 Å². The Morgan fingerprint density at radius 1 is 1.25 bits per heavy atom. The van der Waals surface area contributed by atoms with Crippen molar-refractivity contribution in [3.63, 3.8) is 0 Å². The monoisotopic (exact) mass is 277 g/mol. The highest BCUT2D eigenvalue weighted by Gasteiger charge is 2.21. The SMILES string of the molecule is COCCN1CCCN(C(=O)c2ccccc2N)CC1. The van der Waals surface area contributed by atoms with Crippen molar-refractivity contribution in [1.82, 2.24) is 9.80 Å². The van der Waals surface area contributed by atoms with Crippen molar-refractivity contribution in [3.8, 4) is 0 Å². The molecular weight excluding hydrogens is 254 g/mol. The first kappa shape index (κ1) is 14.8. The normalized spacial score (nSPS) is 16.9. The first-order valence-electron chi connectivity index (χ1n) is 7.07. The maximum absolute atomic E-state index is 12.5. The molecule has 2 N–H and O–H groups in total. The highest BCUT2D eigenvalue weighted by Crippen LogP contribution is 2.15. The Morgan fingerprint density at radius 3 is 2.80 bits per heavy atom. The van der Waals surface area contributed by atoms with Crippen LogP contribution in [0.15, 0.2) is 24.3 Å². The van der Waals surface area contributed by atoms with Gasteiger partial charge in [0.15, 0.2) is 0 Å². The van der Waals surface area contributed by atoms with E-state index in [4.69, 9.17) is 10.5 Å². The predicted molar refractivity (Wildman–Crippen MR) is 79.7 cm³/mol. The highest BCUT2D eigenvalue weighted by atomic mass is 16.5. The van der Waals surface area contributed by atoms with Crippen molar-refractivity contribution in [3.05, 3.63) is 29.8 Å². The molecule has 1 heterocycles. The first-order valence-corrected chi connectivity index (χ1v) is 7.07. The number of methoxy groups -OCH3 is 1. The number of carbonyl (C=O) groups is 1. The van der Waals surface area contributed by atoms with Gasteiger partial charge in [-0.2, -0.15) is 0 Å². The quantitative estimate of drug-likeness (QED) is 0.836. The molecule has 1 fully saturated rings. The lowest BCUT2D eigenvalue weighted by Gasteiger charge is -2.22. The summed E-state index contributed by atoms with van der Waals surface area (Å²) in [5.41, 5.74) is 7.05. The number of rotatable bonds is 4. The van der Waals surface area contributed by atoms with E-state index >= 15 is 0 Å². The second kappa shape index (κ2) is 7.26. The molecule has 0 aliphatic carbocycles. The average molecular weight is 277 g/mol. The third-order valence-corrected chi connectivity index (χ3v) is 3.68. The molecule has 5 nitrogen and oxygen atoms in total. The van der Waals surface area contributed by atoms with Crippen LogP contribution in [0.25, 0.3) is 0 Å². The summed E-state index contributed by atoms with van der Waals surface area (Å²) >= 11 is 0. The molecule has 1 aromatic carbocycles. The first-order chi connectivity index (χ1) is 9.72. The largest absolute Gasteiger partial charge is 0.398 e. The van der Waals surface area contributed by atoms with Crippen LogP contribution in [0.1, 0.15) is 16.8 Å². The molecule has 2 rings (SSSR count). The molecule has 0 spiro atoms. The molecule has 5 heteroatoms. The summed E-state index contributed by atoms with van der Waals surface area (Å²) < 4.78 is 5.11. The van der Waals surface area contributed by atoms with Crippen molar-refractivity contribution >= 4 is 11.6 Å². The fourth-order valence-electron chi connectivity index (χ4n) is 2.48. The van der Waals surface area contributed by atoms with Gasteiger partial charge >= 0.3 is 0 Å². The van der Waals surface area contributed by atoms with Crippen molar-refractivity contribution in [2.75, 3.05) is 52.2 Å². The van der Waals surface area contributed by atoms with Gasteiger partial charge < -0.3 is 15.4 Å². The van der Waals surface area contributed by atoms with Gasteiger partial charge in [0.25, 0.3) is 5.91 Å². The number of nitrogens with two attached hydrogens (primary N) is 1. The van der Waals surface area contributed by atoms with Gasteiger partial charge in [-0.15, -0.1) is 0 Å². The molecule has 110 valence electrons. The maximum atomic E-state index is 12.5. The van der Waals surface area contributed by atoms with Crippen LogP contribution in [0.4, 0.5) is 5.69 Å². The summed E-state index contributed by atoms with van der Waals surface area (Å²) in [6.07, 6.45) is 0.988. The van der Waals surface area contributed by atoms with Gasteiger partial charge in [0, 0.05) is 39.0 Å². The molecule has 0 aromatic heterocycles. The Morgan fingerprint density at radius 2 is 2.05 bits per heavy atom. The zero-order valence-corrected chi connectivity index (χ0v) is 12.0. The Bertz CT molecular complexity index is 450. The lowest BCUT2D eigenvalue weighted by molar-refractivity contribution is 0.0760. The molecule has 0 bridgehead atoms. The van der Waals surface area contributed by atoms with Crippen molar-refractivity contribution < 1.29 is 9.53 Å². The van der Waals surface area contributed by atoms with E-state index in [2.05, 4.69) is 4.90 Å². The number of ether oxygens (including phenoxy) is 1. The number of amides is 1. The van der Waals surface area contributed by atoms with Crippen molar-refractivity contribution in [2.24, 2.45) is 0 Å². The summed E-state index contributed by atoms with van der Waals surface area (Å²) in [4.78, 5) is 16.7. The van der Waals surface area contributed by atoms with Crippen LogP contribution in [0.5, 0.6) is 0 Å². The van der Waals surface area contributed by atoms with E-state index in [1.54, 1.807) is 19.2 Å². The number of nitrogens with zero attached hydrogens (tertiary/aromatic N) is 2. The van der Waals surface area contributed by atoms with Gasteiger partial charge in [-0.1, -0.05) is 12.1 Å². The van der Waals surface area contributed by atoms with Crippen LogP contribution < -0.4 is 5.73 Å². The van der Waals surface area contributed by atoms with Crippen molar-refractivity contribution in [1.29, 1.82) is 0 Å².